The van der Waals surface area contributed by atoms with E-state index >= 15 is 0 Å². The summed E-state index contributed by atoms with van der Waals surface area (Å²) < 4.78 is 10.9. The summed E-state index contributed by atoms with van der Waals surface area (Å²) in [6.07, 6.45) is 3.08. The van der Waals surface area contributed by atoms with Gasteiger partial charge in [-0.2, -0.15) is 0 Å². The average molecular weight is 319 g/mol. The maximum atomic E-state index is 12.3. The van der Waals surface area contributed by atoms with Gasteiger partial charge in [0.1, 0.15) is 18.2 Å². The van der Waals surface area contributed by atoms with Gasteiger partial charge >= 0.3 is 0 Å². The van der Waals surface area contributed by atoms with E-state index in [9.17, 15) is 4.79 Å². The molecule has 0 saturated carbocycles. The number of nitrogens with one attached hydrogen (secondary N) is 1. The van der Waals surface area contributed by atoms with E-state index in [0.29, 0.717) is 35.4 Å². The number of hydrogen-bond acceptors (Lipinski definition) is 6. The smallest absolute Gasteiger partial charge is 0.257 e. The van der Waals surface area contributed by atoms with E-state index in [1.54, 1.807) is 18.2 Å². The molecule has 0 radical (unpaired) electrons. The van der Waals surface area contributed by atoms with E-state index < -0.39 is 0 Å². The van der Waals surface area contributed by atoms with Crippen molar-refractivity contribution in [1.29, 1.82) is 0 Å². The van der Waals surface area contributed by atoms with Gasteiger partial charge in [-0.05, 0) is 24.6 Å². The van der Waals surface area contributed by atoms with Gasteiger partial charge in [0.2, 0.25) is 5.13 Å². The van der Waals surface area contributed by atoms with E-state index in [1.807, 2.05) is 0 Å². The summed E-state index contributed by atoms with van der Waals surface area (Å²) in [6, 6.07) is 5.14. The first-order chi connectivity index (χ1) is 10.8. The fraction of sp³-hybridized carbons (Fsp3) is 0.400. The number of aromatic nitrogens is 2. The Kier molecular flexibility index (Phi) is 4.53. The molecule has 0 bridgehead atoms. The molecule has 1 aromatic carbocycles. The van der Waals surface area contributed by atoms with E-state index in [2.05, 4.69) is 22.4 Å². The molecule has 0 aliphatic carbocycles. The van der Waals surface area contributed by atoms with Gasteiger partial charge in [-0.3, -0.25) is 10.1 Å². The van der Waals surface area contributed by atoms with Gasteiger partial charge in [-0.25, -0.2) is 0 Å². The molecule has 7 heteroatoms. The fourth-order valence-electron chi connectivity index (χ4n) is 2.09. The molecule has 1 amide bonds. The van der Waals surface area contributed by atoms with E-state index in [0.717, 1.165) is 24.3 Å². The first-order valence-electron chi connectivity index (χ1n) is 7.29. The second kappa shape index (κ2) is 6.74. The highest BCUT2D eigenvalue weighted by atomic mass is 32.1. The predicted octanol–water partition coefficient (Wildman–Crippen LogP) is 2.90. The Morgan fingerprint density at radius 1 is 1.27 bits per heavy atom. The van der Waals surface area contributed by atoms with Crippen molar-refractivity contribution in [2.75, 3.05) is 18.5 Å². The minimum Gasteiger partial charge on any atom is -0.486 e. The lowest BCUT2D eigenvalue weighted by Crippen LogP contribution is -2.17. The molecule has 1 aromatic heterocycles. The van der Waals surface area contributed by atoms with Crippen LogP contribution in [0.25, 0.3) is 0 Å². The monoisotopic (exact) mass is 319 g/mol. The zero-order chi connectivity index (χ0) is 15.4. The molecule has 1 aliphatic rings. The number of hydrogen-bond donors (Lipinski definition) is 1. The largest absolute Gasteiger partial charge is 0.486 e. The number of benzene rings is 1. The standard InChI is InChI=1S/C15H17N3O3S/c1-2-3-4-13-17-18-15(22-13)16-14(19)10-5-6-11-12(9-10)21-8-7-20-11/h5-6,9H,2-4,7-8H2,1H3,(H,16,18,19). The second-order valence-corrected chi connectivity index (χ2v) is 5.98. The molecule has 2 heterocycles. The normalized spacial score (nSPS) is 13.0. The minimum atomic E-state index is -0.227. The molecule has 2 aromatic rings. The van der Waals surface area contributed by atoms with Crippen LogP contribution in [0.4, 0.5) is 5.13 Å². The van der Waals surface area contributed by atoms with E-state index in [4.69, 9.17) is 9.47 Å². The number of nitrogens with zero attached hydrogens (tertiary/aromatic N) is 2. The van der Waals surface area contributed by atoms with Crippen LogP contribution < -0.4 is 14.8 Å². The van der Waals surface area contributed by atoms with Gasteiger partial charge in [-0.1, -0.05) is 24.7 Å². The molecular weight excluding hydrogens is 302 g/mol. The van der Waals surface area contributed by atoms with E-state index in [-0.39, 0.29) is 5.91 Å². The van der Waals surface area contributed by atoms with Gasteiger partial charge < -0.3 is 9.47 Å². The van der Waals surface area contributed by atoms with Crippen molar-refractivity contribution in [3.8, 4) is 11.5 Å². The molecule has 1 aliphatic heterocycles. The summed E-state index contributed by atoms with van der Waals surface area (Å²) in [5.74, 6) is 1.04. The Balaban J connectivity index is 1.67. The summed E-state index contributed by atoms with van der Waals surface area (Å²) in [4.78, 5) is 12.3. The second-order valence-electron chi connectivity index (χ2n) is 4.92. The lowest BCUT2D eigenvalue weighted by molar-refractivity contribution is 0.102. The van der Waals surface area contributed by atoms with Crippen LogP contribution in [0.2, 0.25) is 0 Å². The summed E-state index contributed by atoms with van der Waals surface area (Å²) in [7, 11) is 0. The first kappa shape index (κ1) is 14.8. The quantitative estimate of drug-likeness (QED) is 0.917. The van der Waals surface area contributed by atoms with Crippen LogP contribution in [0.3, 0.4) is 0 Å². The van der Waals surface area contributed by atoms with Crippen LogP contribution in [0, 0.1) is 0 Å². The lowest BCUT2D eigenvalue weighted by atomic mass is 10.2. The van der Waals surface area contributed by atoms with Crippen molar-refractivity contribution in [3.63, 3.8) is 0 Å². The molecule has 0 spiro atoms. The van der Waals surface area contributed by atoms with Crippen molar-refractivity contribution in [2.24, 2.45) is 0 Å². The Labute approximate surface area is 132 Å². The third kappa shape index (κ3) is 3.36. The Morgan fingerprint density at radius 3 is 2.91 bits per heavy atom. The van der Waals surface area contributed by atoms with Gasteiger partial charge in [0.15, 0.2) is 11.5 Å². The predicted molar refractivity (Wildman–Crippen MR) is 83.9 cm³/mol. The van der Waals surface area contributed by atoms with Gasteiger partial charge in [0.25, 0.3) is 5.91 Å². The number of rotatable bonds is 5. The molecule has 0 fully saturated rings. The Bertz CT molecular complexity index is 672. The van der Waals surface area contributed by atoms with Crippen molar-refractivity contribution < 1.29 is 14.3 Å². The number of amides is 1. The van der Waals surface area contributed by atoms with Gasteiger partial charge in [0.05, 0.1) is 0 Å². The zero-order valence-electron chi connectivity index (χ0n) is 12.3. The molecule has 3 rings (SSSR count). The average Bonchev–Trinajstić information content (AvgIpc) is 2.99. The van der Waals surface area contributed by atoms with Crippen LogP contribution in [-0.2, 0) is 6.42 Å². The van der Waals surface area contributed by atoms with Crippen molar-refractivity contribution >= 4 is 22.4 Å². The third-order valence-corrected chi connectivity index (χ3v) is 4.13. The van der Waals surface area contributed by atoms with Crippen LogP contribution >= 0.6 is 11.3 Å². The Morgan fingerprint density at radius 2 is 2.09 bits per heavy atom. The Hall–Kier alpha value is -2.15. The van der Waals surface area contributed by atoms with Crippen molar-refractivity contribution in [1.82, 2.24) is 10.2 Å². The maximum absolute atomic E-state index is 12.3. The number of aryl methyl sites for hydroxylation is 1. The van der Waals surface area contributed by atoms with Crippen molar-refractivity contribution in [2.45, 2.75) is 26.2 Å². The zero-order valence-corrected chi connectivity index (χ0v) is 13.1. The highest BCUT2D eigenvalue weighted by molar-refractivity contribution is 7.15. The number of carbonyl (C=O) groups is 1. The molecule has 1 N–H and O–H groups in total. The number of unbranched alkanes of at least 4 members (excludes halogenated alkanes) is 1. The minimum absolute atomic E-state index is 0.227. The van der Waals surface area contributed by atoms with Gasteiger partial charge in [-0.15, -0.1) is 10.2 Å². The summed E-state index contributed by atoms with van der Waals surface area (Å²) >= 11 is 1.41. The number of fused-ring (bicyclic) bond motifs is 1. The van der Waals surface area contributed by atoms with Crippen LogP contribution in [0.15, 0.2) is 18.2 Å². The highest BCUT2D eigenvalue weighted by Gasteiger charge is 2.16. The number of carbonyl (C=O) groups excluding carboxylic acids is 1. The SMILES string of the molecule is CCCCc1nnc(NC(=O)c2ccc3c(c2)OCCO3)s1. The maximum Gasteiger partial charge on any atom is 0.257 e. The van der Waals surface area contributed by atoms with Gasteiger partial charge in [0, 0.05) is 12.0 Å². The van der Waals surface area contributed by atoms with E-state index in [1.165, 1.54) is 11.3 Å². The molecule has 6 nitrogen and oxygen atoms in total. The first-order valence-corrected chi connectivity index (χ1v) is 8.11. The lowest BCUT2D eigenvalue weighted by Gasteiger charge is -2.18. The van der Waals surface area contributed by atoms with Crippen LogP contribution in [-0.4, -0.2) is 29.3 Å². The summed E-state index contributed by atoms with van der Waals surface area (Å²) in [5.41, 5.74) is 0.509. The number of anilines is 1. The topological polar surface area (TPSA) is 73.3 Å². The number of ether oxygens (including phenoxy) is 2. The third-order valence-electron chi connectivity index (χ3n) is 3.24. The molecule has 116 valence electrons. The molecular formula is C15H17N3O3S. The molecule has 0 unspecified atom stereocenters. The molecule has 22 heavy (non-hydrogen) atoms. The van der Waals surface area contributed by atoms with Crippen LogP contribution in [0.5, 0.6) is 11.5 Å². The summed E-state index contributed by atoms with van der Waals surface area (Å²) in [5, 5.41) is 12.3. The summed E-state index contributed by atoms with van der Waals surface area (Å²) in [6.45, 7) is 3.16. The fourth-order valence-corrected chi connectivity index (χ4v) is 2.86. The highest BCUT2D eigenvalue weighted by Crippen LogP contribution is 2.31. The molecule has 0 atom stereocenters. The molecule has 0 saturated heterocycles. The van der Waals surface area contributed by atoms with Crippen LogP contribution in [0.1, 0.15) is 35.1 Å². The van der Waals surface area contributed by atoms with Crippen molar-refractivity contribution in [3.05, 3.63) is 28.8 Å².